The Morgan fingerprint density at radius 2 is 1.46 bits per heavy atom. The van der Waals surface area contributed by atoms with Gasteiger partial charge in [0.05, 0.1) is 6.61 Å². The molecule has 0 saturated heterocycles. The van der Waals surface area contributed by atoms with Crippen molar-refractivity contribution in [2.75, 3.05) is 26.4 Å². The van der Waals surface area contributed by atoms with Crippen LogP contribution < -0.4 is 10.6 Å². The maximum atomic E-state index is 12.6. The molecule has 0 aliphatic heterocycles. The number of alkyl carbamates (subject to hydrolysis) is 2. The fourth-order valence-electron chi connectivity index (χ4n) is 4.39. The second kappa shape index (κ2) is 13.2. The molecule has 1 rings (SSSR count). The number of carbonyl (C=O) groups excluding carboxylic acids is 4. The molecule has 1 saturated carbocycles. The molecule has 0 heterocycles. The van der Waals surface area contributed by atoms with Gasteiger partial charge in [0.1, 0.15) is 13.2 Å². The van der Waals surface area contributed by atoms with E-state index in [9.17, 15) is 19.2 Å². The molecule has 1 aliphatic rings. The van der Waals surface area contributed by atoms with Crippen LogP contribution in [0.2, 0.25) is 0 Å². The van der Waals surface area contributed by atoms with Crippen LogP contribution in [0.15, 0.2) is 24.3 Å². The molecule has 0 spiro atoms. The lowest BCUT2D eigenvalue weighted by Crippen LogP contribution is -2.50. The third-order valence-electron chi connectivity index (χ3n) is 5.47. The third-order valence-corrected chi connectivity index (χ3v) is 5.47. The van der Waals surface area contributed by atoms with Crippen molar-refractivity contribution in [3.8, 4) is 0 Å². The van der Waals surface area contributed by atoms with Gasteiger partial charge in [0.15, 0.2) is 6.10 Å². The van der Waals surface area contributed by atoms with E-state index in [0.717, 1.165) is 12.8 Å². The third kappa shape index (κ3) is 11.3. The molecule has 0 aromatic rings. The summed E-state index contributed by atoms with van der Waals surface area (Å²) < 4.78 is 20.5. The predicted molar refractivity (Wildman–Crippen MR) is 130 cm³/mol. The summed E-state index contributed by atoms with van der Waals surface area (Å²) in [6.07, 6.45) is 0.0302. The zero-order valence-electron chi connectivity index (χ0n) is 21.8. The first kappa shape index (κ1) is 30.0. The zero-order valence-corrected chi connectivity index (χ0v) is 21.8. The van der Waals surface area contributed by atoms with E-state index in [2.05, 4.69) is 37.6 Å². The normalized spacial score (nSPS) is 20.8. The van der Waals surface area contributed by atoms with Crippen LogP contribution in [0.4, 0.5) is 9.59 Å². The van der Waals surface area contributed by atoms with Crippen LogP contribution in [0.1, 0.15) is 60.8 Å². The highest BCUT2D eigenvalue weighted by Gasteiger charge is 2.42. The summed E-state index contributed by atoms with van der Waals surface area (Å²) in [5.41, 5.74) is -0.0187. The molecule has 0 aromatic carbocycles. The fourth-order valence-corrected chi connectivity index (χ4v) is 4.39. The van der Waals surface area contributed by atoms with Gasteiger partial charge in [-0.1, -0.05) is 33.9 Å². The molecule has 0 radical (unpaired) electrons. The van der Waals surface area contributed by atoms with Crippen molar-refractivity contribution in [3.05, 3.63) is 24.3 Å². The minimum Gasteiger partial charge on any atom is -0.458 e. The van der Waals surface area contributed by atoms with Gasteiger partial charge in [-0.05, 0) is 50.9 Å². The van der Waals surface area contributed by atoms with Gasteiger partial charge in [-0.3, -0.25) is 0 Å². The van der Waals surface area contributed by atoms with Crippen molar-refractivity contribution < 1.29 is 38.1 Å². The van der Waals surface area contributed by atoms with E-state index in [1.807, 2.05) is 6.92 Å². The van der Waals surface area contributed by atoms with Crippen LogP contribution in [0.5, 0.6) is 0 Å². The number of amides is 2. The van der Waals surface area contributed by atoms with Crippen LogP contribution in [-0.4, -0.2) is 62.6 Å². The lowest BCUT2D eigenvalue weighted by Gasteiger charge is -2.46. The van der Waals surface area contributed by atoms with Crippen molar-refractivity contribution in [1.29, 1.82) is 0 Å². The van der Waals surface area contributed by atoms with Gasteiger partial charge in [0, 0.05) is 23.7 Å². The lowest BCUT2D eigenvalue weighted by molar-refractivity contribution is -0.147. The van der Waals surface area contributed by atoms with Crippen LogP contribution in [0, 0.1) is 10.8 Å². The van der Waals surface area contributed by atoms with E-state index in [0.29, 0.717) is 13.0 Å². The summed E-state index contributed by atoms with van der Waals surface area (Å²) in [5, 5.41) is 5.67. The summed E-state index contributed by atoms with van der Waals surface area (Å²) in [7, 11) is 0. The molecule has 2 atom stereocenters. The molecular formula is C25H40N2O8. The first-order chi connectivity index (χ1) is 16.2. The minimum atomic E-state index is -1.02. The number of rotatable bonds is 11. The molecule has 198 valence electrons. The molecule has 0 aromatic heterocycles. The van der Waals surface area contributed by atoms with Crippen LogP contribution in [0.3, 0.4) is 0 Å². The summed E-state index contributed by atoms with van der Waals surface area (Å²) >= 11 is 0. The largest absolute Gasteiger partial charge is 0.458 e. The number of nitrogens with one attached hydrogen (secondary N) is 2. The summed E-state index contributed by atoms with van der Waals surface area (Å²) in [6.45, 7) is 18.0. The fraction of sp³-hybridized carbons (Fsp3) is 0.680. The number of carbonyl (C=O) groups is 4. The molecule has 2 amide bonds. The zero-order chi connectivity index (χ0) is 26.8. The van der Waals surface area contributed by atoms with E-state index >= 15 is 0 Å². The SMILES string of the molecule is C=C(C)C(=O)OCC(COC(=O)C(=C)C)OC(=O)NCC1(C)CC(NC(=O)OCC)CC(C)(C)C1. The van der Waals surface area contributed by atoms with Gasteiger partial charge in [-0.25, -0.2) is 19.2 Å². The van der Waals surface area contributed by atoms with Gasteiger partial charge in [-0.15, -0.1) is 0 Å². The van der Waals surface area contributed by atoms with Gasteiger partial charge >= 0.3 is 24.1 Å². The van der Waals surface area contributed by atoms with Crippen LogP contribution in [-0.2, 0) is 28.5 Å². The Morgan fingerprint density at radius 1 is 0.914 bits per heavy atom. The summed E-state index contributed by atoms with van der Waals surface area (Å²) in [6, 6.07) is -0.100. The topological polar surface area (TPSA) is 129 Å². The van der Waals surface area contributed by atoms with E-state index in [1.165, 1.54) is 13.8 Å². The molecule has 1 fully saturated rings. The predicted octanol–water partition coefficient (Wildman–Crippen LogP) is 3.65. The van der Waals surface area contributed by atoms with E-state index in [-0.39, 0.29) is 47.8 Å². The summed E-state index contributed by atoms with van der Waals surface area (Å²) in [5.74, 6) is -1.30. The molecule has 1 aliphatic carbocycles. The Hall–Kier alpha value is -3.04. The Labute approximate surface area is 207 Å². The van der Waals surface area contributed by atoms with Gasteiger partial charge < -0.3 is 29.6 Å². The molecular weight excluding hydrogens is 456 g/mol. The van der Waals surface area contributed by atoms with Crippen LogP contribution in [0.25, 0.3) is 0 Å². The van der Waals surface area contributed by atoms with Crippen molar-refractivity contribution in [2.45, 2.75) is 73.0 Å². The number of esters is 2. The monoisotopic (exact) mass is 496 g/mol. The molecule has 2 N–H and O–H groups in total. The second-order valence-corrected chi connectivity index (χ2v) is 10.3. The van der Waals surface area contributed by atoms with E-state index in [1.54, 1.807) is 6.92 Å². The van der Waals surface area contributed by atoms with Gasteiger partial charge in [0.25, 0.3) is 0 Å². The molecule has 35 heavy (non-hydrogen) atoms. The quantitative estimate of drug-likeness (QED) is 0.252. The Bertz CT molecular complexity index is 792. The minimum absolute atomic E-state index is 0.0707. The van der Waals surface area contributed by atoms with Crippen molar-refractivity contribution in [3.63, 3.8) is 0 Å². The highest BCUT2D eigenvalue weighted by Crippen LogP contribution is 2.45. The lowest BCUT2D eigenvalue weighted by atomic mass is 9.62. The summed E-state index contributed by atoms with van der Waals surface area (Å²) in [4.78, 5) is 47.9. The average Bonchev–Trinajstić information content (AvgIpc) is 2.72. The van der Waals surface area contributed by atoms with Crippen molar-refractivity contribution in [2.24, 2.45) is 10.8 Å². The van der Waals surface area contributed by atoms with Crippen LogP contribution >= 0.6 is 0 Å². The Morgan fingerprint density at radius 3 is 1.94 bits per heavy atom. The van der Waals surface area contributed by atoms with Gasteiger partial charge in [-0.2, -0.15) is 0 Å². The highest BCUT2D eigenvalue weighted by molar-refractivity contribution is 5.87. The molecule has 10 heteroatoms. The maximum Gasteiger partial charge on any atom is 0.407 e. The Balaban J connectivity index is 2.75. The molecule has 10 nitrogen and oxygen atoms in total. The first-order valence-corrected chi connectivity index (χ1v) is 11.7. The second-order valence-electron chi connectivity index (χ2n) is 10.3. The number of hydrogen-bond acceptors (Lipinski definition) is 8. The number of hydrogen-bond donors (Lipinski definition) is 2. The molecule has 2 unspecified atom stereocenters. The van der Waals surface area contributed by atoms with E-state index in [4.69, 9.17) is 18.9 Å². The standard InChI is InChI=1S/C25H40N2O8/c1-9-32-23(31)27-18-10-24(6,7)14-25(8,11-18)15-26-22(30)35-19(12-33-20(28)16(2)3)13-34-21(29)17(4)5/h18-19H,2,4,9-15H2,1,3,5-8H3,(H,26,30)(H,27,31). The first-order valence-electron chi connectivity index (χ1n) is 11.7. The van der Waals surface area contributed by atoms with E-state index < -0.39 is 30.2 Å². The highest BCUT2D eigenvalue weighted by atomic mass is 16.6. The van der Waals surface area contributed by atoms with Crippen molar-refractivity contribution >= 4 is 24.1 Å². The molecule has 0 bridgehead atoms. The Kier molecular flexibility index (Phi) is 11.3. The van der Waals surface area contributed by atoms with Gasteiger partial charge in [0.2, 0.25) is 0 Å². The average molecular weight is 497 g/mol. The maximum absolute atomic E-state index is 12.6. The van der Waals surface area contributed by atoms with Crippen molar-refractivity contribution in [1.82, 2.24) is 10.6 Å². The number of ether oxygens (including phenoxy) is 4. The smallest absolute Gasteiger partial charge is 0.407 e.